The van der Waals surface area contributed by atoms with Crippen molar-refractivity contribution in [3.05, 3.63) is 65.5 Å². The lowest BCUT2D eigenvalue weighted by atomic mass is 9.95. The summed E-state index contributed by atoms with van der Waals surface area (Å²) in [4.78, 5) is 30.3. The molecular formula is C20H21N3O2. The number of benzene rings is 1. The normalized spacial score (nSPS) is 18.3. The average molecular weight is 335 g/mol. The van der Waals surface area contributed by atoms with Gasteiger partial charge in [0.25, 0.3) is 11.8 Å². The summed E-state index contributed by atoms with van der Waals surface area (Å²) in [6.45, 7) is 3.05. The van der Waals surface area contributed by atoms with Gasteiger partial charge >= 0.3 is 0 Å². The molecule has 1 saturated heterocycles. The predicted octanol–water partition coefficient (Wildman–Crippen LogP) is 2.71. The van der Waals surface area contributed by atoms with Gasteiger partial charge in [-0.25, -0.2) is 5.01 Å². The second kappa shape index (κ2) is 5.99. The summed E-state index contributed by atoms with van der Waals surface area (Å²) in [6.07, 6.45) is 4.09. The van der Waals surface area contributed by atoms with Crippen molar-refractivity contribution in [2.45, 2.75) is 31.6 Å². The lowest BCUT2D eigenvalue weighted by Crippen LogP contribution is -2.49. The highest BCUT2D eigenvalue weighted by molar-refractivity contribution is 5.98. The van der Waals surface area contributed by atoms with Gasteiger partial charge in [0.05, 0.1) is 11.0 Å². The number of hydrogen-bond acceptors (Lipinski definition) is 3. The Balaban J connectivity index is 1.58. The second-order valence-corrected chi connectivity index (χ2v) is 6.85. The van der Waals surface area contributed by atoms with E-state index in [0.717, 1.165) is 30.5 Å². The zero-order chi connectivity index (χ0) is 17.4. The van der Waals surface area contributed by atoms with Crippen LogP contribution in [0.4, 0.5) is 0 Å². The van der Waals surface area contributed by atoms with Gasteiger partial charge in [-0.2, -0.15) is 0 Å². The molecule has 128 valence electrons. The van der Waals surface area contributed by atoms with Gasteiger partial charge in [0.1, 0.15) is 0 Å². The van der Waals surface area contributed by atoms with Crippen LogP contribution in [0, 0.1) is 6.92 Å². The Labute approximate surface area is 147 Å². The summed E-state index contributed by atoms with van der Waals surface area (Å²) in [5.74, 6) is -0.105. The number of aromatic nitrogens is 1. The van der Waals surface area contributed by atoms with Crippen molar-refractivity contribution in [1.82, 2.24) is 15.0 Å². The van der Waals surface area contributed by atoms with Gasteiger partial charge < -0.3 is 0 Å². The zero-order valence-electron chi connectivity index (χ0n) is 14.3. The van der Waals surface area contributed by atoms with E-state index in [1.165, 1.54) is 0 Å². The third-order valence-electron chi connectivity index (χ3n) is 5.14. The number of pyridine rings is 1. The minimum atomic E-state index is -0.449. The number of carbonyl (C=O) groups is 2. The fraction of sp³-hybridized carbons (Fsp3) is 0.350. The van der Waals surface area contributed by atoms with E-state index in [0.29, 0.717) is 18.7 Å². The lowest BCUT2D eigenvalue weighted by Gasteiger charge is -2.31. The van der Waals surface area contributed by atoms with Gasteiger partial charge in [-0.1, -0.05) is 30.3 Å². The van der Waals surface area contributed by atoms with Crippen LogP contribution in [0.25, 0.3) is 0 Å². The quantitative estimate of drug-likeness (QED) is 0.867. The van der Waals surface area contributed by atoms with Crippen molar-refractivity contribution < 1.29 is 9.59 Å². The fourth-order valence-electron chi connectivity index (χ4n) is 3.53. The molecule has 2 aromatic rings. The Morgan fingerprint density at radius 2 is 1.72 bits per heavy atom. The first-order valence-electron chi connectivity index (χ1n) is 8.74. The summed E-state index contributed by atoms with van der Waals surface area (Å²) in [7, 11) is 0. The summed E-state index contributed by atoms with van der Waals surface area (Å²) in [5, 5.41) is 3.25. The molecule has 0 unspecified atom stereocenters. The molecule has 2 aliphatic rings. The molecule has 1 aromatic heterocycles. The summed E-state index contributed by atoms with van der Waals surface area (Å²) in [5.41, 5.74) is 1.99. The first kappa shape index (κ1) is 15.8. The molecule has 1 aromatic carbocycles. The molecule has 1 aliphatic carbocycles. The Morgan fingerprint density at radius 1 is 1.00 bits per heavy atom. The van der Waals surface area contributed by atoms with Crippen LogP contribution in [0.15, 0.2) is 48.7 Å². The Kier molecular flexibility index (Phi) is 3.79. The maximum atomic E-state index is 13.2. The molecule has 1 saturated carbocycles. The van der Waals surface area contributed by atoms with Gasteiger partial charge in [-0.3, -0.25) is 19.6 Å². The van der Waals surface area contributed by atoms with E-state index in [-0.39, 0.29) is 11.8 Å². The summed E-state index contributed by atoms with van der Waals surface area (Å²) >= 11 is 0. The Bertz CT molecular complexity index is 797. The summed E-state index contributed by atoms with van der Waals surface area (Å²) < 4.78 is 0. The highest BCUT2D eigenvalue weighted by atomic mass is 16.2. The highest BCUT2D eigenvalue weighted by Crippen LogP contribution is 2.50. The minimum absolute atomic E-state index is 0.0459. The van der Waals surface area contributed by atoms with Gasteiger partial charge in [-0.05, 0) is 43.9 Å². The SMILES string of the molecule is Cc1ccc(C(=O)N2CCCN2C(=O)C2(c3ccccc3)CC2)cn1. The van der Waals surface area contributed by atoms with Gasteiger partial charge in [0.2, 0.25) is 0 Å². The number of amides is 2. The summed E-state index contributed by atoms with van der Waals surface area (Å²) in [6, 6.07) is 13.5. The lowest BCUT2D eigenvalue weighted by molar-refractivity contribution is -0.143. The molecule has 1 aliphatic heterocycles. The fourth-order valence-corrected chi connectivity index (χ4v) is 3.53. The van der Waals surface area contributed by atoms with Gasteiger partial charge in [0.15, 0.2) is 0 Å². The van der Waals surface area contributed by atoms with Crippen LogP contribution >= 0.6 is 0 Å². The molecule has 0 radical (unpaired) electrons. The maximum absolute atomic E-state index is 13.2. The largest absolute Gasteiger partial charge is 0.274 e. The third kappa shape index (κ3) is 2.69. The zero-order valence-corrected chi connectivity index (χ0v) is 14.3. The van der Waals surface area contributed by atoms with Crippen LogP contribution in [-0.4, -0.2) is 39.9 Å². The number of aryl methyl sites for hydroxylation is 1. The van der Waals surface area contributed by atoms with Gasteiger partial charge in [0, 0.05) is 25.0 Å². The maximum Gasteiger partial charge on any atom is 0.274 e. The Hall–Kier alpha value is -2.69. The van der Waals surface area contributed by atoms with Crippen molar-refractivity contribution in [2.75, 3.05) is 13.1 Å². The first-order valence-corrected chi connectivity index (χ1v) is 8.74. The molecule has 0 bridgehead atoms. The van der Waals surface area contributed by atoms with E-state index in [1.54, 1.807) is 22.3 Å². The molecule has 5 nitrogen and oxygen atoms in total. The van der Waals surface area contributed by atoms with Crippen LogP contribution in [-0.2, 0) is 10.2 Å². The highest BCUT2D eigenvalue weighted by Gasteiger charge is 2.54. The molecule has 4 rings (SSSR count). The molecule has 2 heterocycles. The number of hydrogen-bond donors (Lipinski definition) is 0. The van der Waals surface area contributed by atoms with Crippen LogP contribution in [0.1, 0.15) is 40.9 Å². The van der Waals surface area contributed by atoms with E-state index < -0.39 is 5.41 Å². The van der Waals surface area contributed by atoms with Crippen LogP contribution in [0.3, 0.4) is 0 Å². The van der Waals surface area contributed by atoms with Crippen LogP contribution in [0.5, 0.6) is 0 Å². The van der Waals surface area contributed by atoms with E-state index in [2.05, 4.69) is 4.98 Å². The van der Waals surface area contributed by atoms with Crippen LogP contribution in [0.2, 0.25) is 0 Å². The predicted molar refractivity (Wildman–Crippen MR) is 93.7 cm³/mol. The van der Waals surface area contributed by atoms with Crippen molar-refractivity contribution in [3.8, 4) is 0 Å². The van der Waals surface area contributed by atoms with E-state index in [9.17, 15) is 9.59 Å². The van der Waals surface area contributed by atoms with E-state index >= 15 is 0 Å². The average Bonchev–Trinajstić information content (AvgIpc) is 3.32. The first-order chi connectivity index (χ1) is 12.1. The van der Waals surface area contributed by atoms with Crippen molar-refractivity contribution >= 4 is 11.8 Å². The minimum Gasteiger partial charge on any atom is -0.272 e. The molecule has 5 heteroatoms. The van der Waals surface area contributed by atoms with Crippen molar-refractivity contribution in [3.63, 3.8) is 0 Å². The second-order valence-electron chi connectivity index (χ2n) is 6.85. The molecule has 0 atom stereocenters. The van der Waals surface area contributed by atoms with Crippen LogP contribution < -0.4 is 0 Å². The number of carbonyl (C=O) groups excluding carboxylic acids is 2. The number of rotatable bonds is 3. The smallest absolute Gasteiger partial charge is 0.272 e. The van der Waals surface area contributed by atoms with Gasteiger partial charge in [-0.15, -0.1) is 0 Å². The molecular weight excluding hydrogens is 314 g/mol. The molecule has 2 amide bonds. The molecule has 2 fully saturated rings. The monoisotopic (exact) mass is 335 g/mol. The van der Waals surface area contributed by atoms with Crippen molar-refractivity contribution in [1.29, 1.82) is 0 Å². The third-order valence-corrected chi connectivity index (χ3v) is 5.14. The molecule has 25 heavy (non-hydrogen) atoms. The number of hydrazine groups is 1. The standard InChI is InChI=1S/C20H21N3O2/c1-15-8-9-16(14-21-15)18(24)22-12-5-13-23(22)19(25)20(10-11-20)17-6-3-2-4-7-17/h2-4,6-9,14H,5,10-13H2,1H3. The topological polar surface area (TPSA) is 53.5 Å². The van der Waals surface area contributed by atoms with Crippen molar-refractivity contribution in [2.24, 2.45) is 0 Å². The molecule has 0 spiro atoms. The van der Waals surface area contributed by atoms with E-state index in [1.807, 2.05) is 43.3 Å². The Morgan fingerprint density at radius 3 is 2.36 bits per heavy atom. The molecule has 0 N–H and O–H groups in total. The number of nitrogens with zero attached hydrogens (tertiary/aromatic N) is 3. The van der Waals surface area contributed by atoms with E-state index in [4.69, 9.17) is 0 Å².